The van der Waals surface area contributed by atoms with Crippen LogP contribution in [0.1, 0.15) is 45.4 Å². The Morgan fingerprint density at radius 3 is 2.86 bits per heavy atom. The zero-order chi connectivity index (χ0) is 14.7. The summed E-state index contributed by atoms with van der Waals surface area (Å²) in [5.41, 5.74) is 2.20. The van der Waals surface area contributed by atoms with Gasteiger partial charge < -0.3 is 14.3 Å². The number of fused-ring (bicyclic) bond motifs is 1. The van der Waals surface area contributed by atoms with E-state index in [2.05, 4.69) is 15.6 Å². The molecular formula is C17H24N2OS. The third-order valence-electron chi connectivity index (χ3n) is 4.56. The van der Waals surface area contributed by atoms with Crippen molar-refractivity contribution < 1.29 is 4.74 Å². The van der Waals surface area contributed by atoms with Crippen LogP contribution in [0.2, 0.25) is 0 Å². The second-order valence-electron chi connectivity index (χ2n) is 5.96. The van der Waals surface area contributed by atoms with Crippen molar-refractivity contribution in [3.05, 3.63) is 23.0 Å². The first-order chi connectivity index (χ1) is 10.3. The van der Waals surface area contributed by atoms with Gasteiger partial charge in [0.15, 0.2) is 4.77 Å². The fourth-order valence-electron chi connectivity index (χ4n) is 3.44. The van der Waals surface area contributed by atoms with E-state index in [9.17, 15) is 0 Å². The summed E-state index contributed by atoms with van der Waals surface area (Å²) in [4.78, 5) is 3.32. The van der Waals surface area contributed by atoms with Gasteiger partial charge in [0.1, 0.15) is 11.3 Å². The van der Waals surface area contributed by atoms with E-state index < -0.39 is 0 Å². The summed E-state index contributed by atoms with van der Waals surface area (Å²) in [6, 6.07) is 6.18. The van der Waals surface area contributed by atoms with Crippen molar-refractivity contribution >= 4 is 23.3 Å². The number of rotatable bonds is 5. The van der Waals surface area contributed by atoms with Gasteiger partial charge in [-0.15, -0.1) is 0 Å². The molecule has 2 aromatic rings. The summed E-state index contributed by atoms with van der Waals surface area (Å²) in [6.07, 6.45) is 8.23. The Hall–Kier alpha value is -1.29. The van der Waals surface area contributed by atoms with Gasteiger partial charge in [0.25, 0.3) is 0 Å². The van der Waals surface area contributed by atoms with Gasteiger partial charge in [0, 0.05) is 6.54 Å². The Morgan fingerprint density at radius 2 is 2.10 bits per heavy atom. The summed E-state index contributed by atoms with van der Waals surface area (Å²) < 4.78 is 8.74. The monoisotopic (exact) mass is 304 g/mol. The minimum absolute atomic E-state index is 0.674. The lowest BCUT2D eigenvalue weighted by Crippen LogP contribution is -2.10. The topological polar surface area (TPSA) is 29.9 Å². The number of hydrogen-bond acceptors (Lipinski definition) is 2. The van der Waals surface area contributed by atoms with Gasteiger partial charge >= 0.3 is 0 Å². The lowest BCUT2D eigenvalue weighted by molar-refractivity contribution is 0.325. The lowest BCUT2D eigenvalue weighted by atomic mass is 9.87. The van der Waals surface area contributed by atoms with Crippen LogP contribution in [-0.2, 0) is 6.54 Å². The molecule has 0 saturated heterocycles. The molecule has 3 rings (SSSR count). The fourth-order valence-corrected chi connectivity index (χ4v) is 3.73. The summed E-state index contributed by atoms with van der Waals surface area (Å²) in [6.45, 7) is 3.69. The average Bonchev–Trinajstić information content (AvgIpc) is 2.83. The molecule has 0 unspecified atom stereocenters. The molecule has 4 heteroatoms. The van der Waals surface area contributed by atoms with E-state index in [1.54, 1.807) is 0 Å². The highest BCUT2D eigenvalue weighted by Crippen LogP contribution is 2.29. The van der Waals surface area contributed by atoms with Gasteiger partial charge in [-0.1, -0.05) is 38.2 Å². The van der Waals surface area contributed by atoms with Crippen LogP contribution in [-0.4, -0.2) is 16.2 Å². The smallest absolute Gasteiger partial charge is 0.178 e. The molecule has 0 spiro atoms. The minimum Gasteiger partial charge on any atom is -0.492 e. The normalized spacial score (nSPS) is 16.4. The number of hydrogen-bond donors (Lipinski definition) is 1. The Morgan fingerprint density at radius 1 is 1.29 bits per heavy atom. The molecule has 3 nitrogen and oxygen atoms in total. The molecule has 0 amide bonds. The highest BCUT2D eigenvalue weighted by Gasteiger charge is 2.15. The van der Waals surface area contributed by atoms with Gasteiger partial charge in [-0.05, 0) is 43.6 Å². The van der Waals surface area contributed by atoms with E-state index in [4.69, 9.17) is 17.0 Å². The molecule has 1 heterocycles. The molecule has 1 aromatic carbocycles. The first-order valence-corrected chi connectivity index (χ1v) is 8.54. The van der Waals surface area contributed by atoms with Crippen molar-refractivity contribution in [2.75, 3.05) is 6.61 Å². The molecule has 1 aliphatic rings. The van der Waals surface area contributed by atoms with Crippen molar-refractivity contribution in [1.29, 1.82) is 0 Å². The number of aryl methyl sites for hydroxylation is 1. The van der Waals surface area contributed by atoms with Crippen LogP contribution in [0.3, 0.4) is 0 Å². The molecule has 1 N–H and O–H groups in total. The van der Waals surface area contributed by atoms with E-state index in [0.29, 0.717) is 6.61 Å². The summed E-state index contributed by atoms with van der Waals surface area (Å²) >= 11 is 5.52. The molecule has 1 saturated carbocycles. The maximum atomic E-state index is 5.69. The molecular weight excluding hydrogens is 280 g/mol. The summed E-state index contributed by atoms with van der Waals surface area (Å²) in [7, 11) is 0. The largest absolute Gasteiger partial charge is 0.492 e. The number of aromatic amines is 1. The molecule has 0 atom stereocenters. The van der Waals surface area contributed by atoms with E-state index in [1.807, 2.05) is 19.1 Å². The fraction of sp³-hybridized carbons (Fsp3) is 0.588. The maximum absolute atomic E-state index is 5.69. The third-order valence-corrected chi connectivity index (χ3v) is 4.88. The number of nitrogens with zero attached hydrogens (tertiary/aromatic N) is 1. The second-order valence-corrected chi connectivity index (χ2v) is 6.34. The standard InChI is InChI=1S/C17H24N2OS/c1-2-20-15-10-6-9-14-16(15)18-17(21)19(14)12-11-13-7-4-3-5-8-13/h6,9-10,13H,2-5,7-8,11-12H2,1H3,(H,18,21). The molecule has 0 radical (unpaired) electrons. The Kier molecular flexibility index (Phi) is 4.63. The predicted molar refractivity (Wildman–Crippen MR) is 89.5 cm³/mol. The second kappa shape index (κ2) is 6.65. The number of para-hydroxylation sites is 1. The number of ether oxygens (including phenoxy) is 1. The number of nitrogens with one attached hydrogen (secondary N) is 1. The molecule has 0 bridgehead atoms. The highest BCUT2D eigenvalue weighted by molar-refractivity contribution is 7.71. The van der Waals surface area contributed by atoms with Crippen molar-refractivity contribution in [1.82, 2.24) is 9.55 Å². The van der Waals surface area contributed by atoms with E-state index >= 15 is 0 Å². The van der Waals surface area contributed by atoms with E-state index in [1.165, 1.54) is 44.0 Å². The van der Waals surface area contributed by atoms with Crippen LogP contribution in [0.15, 0.2) is 18.2 Å². The van der Waals surface area contributed by atoms with E-state index in [-0.39, 0.29) is 0 Å². The number of H-pyrrole nitrogens is 1. The molecule has 1 aliphatic carbocycles. The highest BCUT2D eigenvalue weighted by atomic mass is 32.1. The lowest BCUT2D eigenvalue weighted by Gasteiger charge is -2.21. The van der Waals surface area contributed by atoms with Gasteiger partial charge in [0.05, 0.1) is 12.1 Å². The maximum Gasteiger partial charge on any atom is 0.178 e. The number of aromatic nitrogens is 2. The molecule has 1 fully saturated rings. The molecule has 1 aromatic heterocycles. The van der Waals surface area contributed by atoms with Crippen LogP contribution < -0.4 is 4.74 Å². The van der Waals surface area contributed by atoms with Gasteiger partial charge in [-0.3, -0.25) is 0 Å². The Balaban J connectivity index is 1.82. The Bertz CT molecular complexity index is 652. The number of benzene rings is 1. The quantitative estimate of drug-likeness (QED) is 0.782. The minimum atomic E-state index is 0.674. The third kappa shape index (κ3) is 3.15. The van der Waals surface area contributed by atoms with Crippen LogP contribution in [0.4, 0.5) is 0 Å². The van der Waals surface area contributed by atoms with Gasteiger partial charge in [0.2, 0.25) is 0 Å². The SMILES string of the molecule is CCOc1cccc2c1[nH]c(=S)n2CCC1CCCCC1. The zero-order valence-corrected chi connectivity index (χ0v) is 13.5. The van der Waals surface area contributed by atoms with Crippen molar-refractivity contribution in [3.8, 4) is 5.75 Å². The number of imidazole rings is 1. The van der Waals surface area contributed by atoms with Crippen molar-refractivity contribution in [2.45, 2.75) is 52.0 Å². The molecule has 0 aliphatic heterocycles. The molecule has 21 heavy (non-hydrogen) atoms. The van der Waals surface area contributed by atoms with Crippen molar-refractivity contribution in [3.63, 3.8) is 0 Å². The Labute approximate surface area is 131 Å². The van der Waals surface area contributed by atoms with Crippen LogP contribution >= 0.6 is 12.2 Å². The van der Waals surface area contributed by atoms with Crippen molar-refractivity contribution in [2.24, 2.45) is 5.92 Å². The summed E-state index contributed by atoms with van der Waals surface area (Å²) in [5.74, 6) is 1.78. The predicted octanol–water partition coefficient (Wildman–Crippen LogP) is 5.07. The first-order valence-electron chi connectivity index (χ1n) is 8.14. The van der Waals surface area contributed by atoms with Crippen LogP contribution in [0.5, 0.6) is 5.75 Å². The van der Waals surface area contributed by atoms with E-state index in [0.717, 1.165) is 28.5 Å². The average molecular weight is 304 g/mol. The van der Waals surface area contributed by atoms with Crippen LogP contribution in [0.25, 0.3) is 11.0 Å². The first kappa shape index (κ1) is 14.6. The zero-order valence-electron chi connectivity index (χ0n) is 12.7. The van der Waals surface area contributed by atoms with Crippen LogP contribution in [0, 0.1) is 10.7 Å². The summed E-state index contributed by atoms with van der Waals surface area (Å²) in [5, 5.41) is 0. The van der Waals surface area contributed by atoms with Gasteiger partial charge in [-0.2, -0.15) is 0 Å². The molecule has 114 valence electrons. The van der Waals surface area contributed by atoms with Gasteiger partial charge in [-0.25, -0.2) is 0 Å².